The second-order valence-corrected chi connectivity index (χ2v) is 14.3. The molecule has 8 aromatic rings. The summed E-state index contributed by atoms with van der Waals surface area (Å²) in [6, 6.07) is 60.3. The van der Waals surface area contributed by atoms with Crippen molar-refractivity contribution in [1.82, 2.24) is 0 Å². The van der Waals surface area contributed by atoms with Crippen LogP contribution in [-0.2, 0) is 0 Å². The molecule has 1 aliphatic carbocycles. The van der Waals surface area contributed by atoms with Gasteiger partial charge in [0.2, 0.25) is 0 Å². The van der Waals surface area contributed by atoms with E-state index in [9.17, 15) is 0 Å². The molecule has 1 aliphatic heterocycles. The summed E-state index contributed by atoms with van der Waals surface area (Å²) in [4.78, 5) is 5.27. The smallest absolute Gasteiger partial charge is 0.0468 e. The third-order valence-corrected chi connectivity index (χ3v) is 11.7. The molecule has 0 amide bonds. The Morgan fingerprint density at radius 2 is 1.16 bits per heavy atom. The van der Waals surface area contributed by atoms with Crippen molar-refractivity contribution in [3.8, 4) is 22.3 Å². The molecule has 1 nitrogen and oxygen atoms in total. The van der Waals surface area contributed by atoms with Crippen molar-refractivity contribution in [1.29, 1.82) is 0 Å². The molecular formula is C48H33NS. The molecule has 0 radical (unpaired) electrons. The molecule has 8 aromatic carbocycles. The SMILES string of the molecule is C1=CCC2C(=C1)Sc1c(-c3cccc(N(c4ccc(-c5ccccc5)cc4)c4ccc5ccc6c7ccccc7ccc6c5c4)c3)cccc12. The highest BCUT2D eigenvalue weighted by Gasteiger charge is 2.30. The number of rotatable bonds is 5. The summed E-state index contributed by atoms with van der Waals surface area (Å²) in [5.74, 6) is 0.479. The first-order chi connectivity index (χ1) is 24.8. The monoisotopic (exact) mass is 655 g/mol. The van der Waals surface area contributed by atoms with E-state index in [0.29, 0.717) is 5.92 Å². The molecule has 0 fully saturated rings. The quantitative estimate of drug-likeness (QED) is 0.170. The van der Waals surface area contributed by atoms with Crippen molar-refractivity contribution in [2.75, 3.05) is 4.90 Å². The number of nitrogens with zero attached hydrogens (tertiary/aromatic N) is 1. The fourth-order valence-corrected chi connectivity index (χ4v) is 9.29. The summed E-state index contributed by atoms with van der Waals surface area (Å²) >= 11 is 1.95. The highest BCUT2D eigenvalue weighted by Crippen LogP contribution is 2.54. The zero-order chi connectivity index (χ0) is 33.0. The van der Waals surface area contributed by atoms with E-state index in [4.69, 9.17) is 0 Å². The van der Waals surface area contributed by atoms with Crippen molar-refractivity contribution in [2.45, 2.75) is 17.2 Å². The Morgan fingerprint density at radius 1 is 0.480 bits per heavy atom. The normalized spacial score (nSPS) is 14.9. The van der Waals surface area contributed by atoms with E-state index < -0.39 is 0 Å². The highest BCUT2D eigenvalue weighted by molar-refractivity contribution is 8.03. The number of fused-ring (bicyclic) bond motifs is 8. The summed E-state index contributed by atoms with van der Waals surface area (Å²) in [6.45, 7) is 0. The molecule has 236 valence electrons. The van der Waals surface area contributed by atoms with Crippen LogP contribution in [0.4, 0.5) is 17.1 Å². The van der Waals surface area contributed by atoms with E-state index in [0.717, 1.165) is 23.5 Å². The standard InChI is InChI=1S/C48H33NS/c1-2-10-32(11-3-1)33-20-25-37(26-21-33)49(39-27-22-35-24-28-42-40-15-5-4-12-34(40)23-29-43(42)46(35)31-39)38-14-8-13-36(30-38)41-17-9-18-45-44-16-6-7-19-47(44)50-48(41)45/h1-15,17-31,44H,16H2. The van der Waals surface area contributed by atoms with Crippen molar-refractivity contribution < 1.29 is 0 Å². The van der Waals surface area contributed by atoms with Crippen LogP contribution >= 0.6 is 11.8 Å². The minimum atomic E-state index is 0.479. The van der Waals surface area contributed by atoms with Gasteiger partial charge < -0.3 is 4.90 Å². The van der Waals surface area contributed by atoms with Crippen LogP contribution in [0.25, 0.3) is 54.6 Å². The van der Waals surface area contributed by atoms with Gasteiger partial charge in [0, 0.05) is 27.9 Å². The van der Waals surface area contributed by atoms with Gasteiger partial charge in [-0.3, -0.25) is 0 Å². The van der Waals surface area contributed by atoms with E-state index in [1.807, 2.05) is 11.8 Å². The van der Waals surface area contributed by atoms with Crippen molar-refractivity contribution in [3.63, 3.8) is 0 Å². The molecule has 0 aromatic heterocycles. The van der Waals surface area contributed by atoms with Crippen LogP contribution in [-0.4, -0.2) is 0 Å². The second-order valence-electron chi connectivity index (χ2n) is 13.3. The fourth-order valence-electron chi connectivity index (χ4n) is 7.92. The third kappa shape index (κ3) is 4.87. The molecule has 1 unspecified atom stereocenters. The van der Waals surface area contributed by atoms with Crippen LogP contribution in [0.15, 0.2) is 192 Å². The Morgan fingerprint density at radius 3 is 2.04 bits per heavy atom. The predicted octanol–water partition coefficient (Wildman–Crippen LogP) is 14.0. The van der Waals surface area contributed by atoms with Gasteiger partial charge in [0.25, 0.3) is 0 Å². The molecule has 2 aliphatic rings. The lowest BCUT2D eigenvalue weighted by Gasteiger charge is -2.27. The van der Waals surface area contributed by atoms with Crippen LogP contribution < -0.4 is 4.90 Å². The average Bonchev–Trinajstić information content (AvgIpc) is 3.57. The Kier molecular flexibility index (Phi) is 6.96. The Hall–Kier alpha value is -5.83. The lowest BCUT2D eigenvalue weighted by atomic mass is 9.90. The van der Waals surface area contributed by atoms with Crippen molar-refractivity contribution in [2.24, 2.45) is 0 Å². The van der Waals surface area contributed by atoms with Gasteiger partial charge in [0.05, 0.1) is 0 Å². The Labute approximate surface area is 296 Å². The number of hydrogen-bond acceptors (Lipinski definition) is 2. The van der Waals surface area contributed by atoms with Crippen LogP contribution in [0.1, 0.15) is 17.9 Å². The maximum atomic E-state index is 2.42. The van der Waals surface area contributed by atoms with Crippen LogP contribution in [0.5, 0.6) is 0 Å². The van der Waals surface area contributed by atoms with E-state index in [1.165, 1.54) is 69.9 Å². The number of anilines is 3. The topological polar surface area (TPSA) is 3.24 Å². The van der Waals surface area contributed by atoms with Crippen LogP contribution in [0, 0.1) is 0 Å². The summed E-state index contributed by atoms with van der Waals surface area (Å²) in [5, 5.41) is 7.62. The van der Waals surface area contributed by atoms with E-state index in [-0.39, 0.29) is 0 Å². The summed E-state index contributed by atoms with van der Waals surface area (Å²) in [5.41, 5.74) is 9.83. The zero-order valence-electron chi connectivity index (χ0n) is 27.5. The molecule has 50 heavy (non-hydrogen) atoms. The lowest BCUT2D eigenvalue weighted by Crippen LogP contribution is -2.10. The molecule has 1 atom stereocenters. The van der Waals surface area contributed by atoms with E-state index in [2.05, 4.69) is 187 Å². The van der Waals surface area contributed by atoms with Gasteiger partial charge in [-0.2, -0.15) is 0 Å². The molecule has 0 spiro atoms. The van der Waals surface area contributed by atoms with Crippen molar-refractivity contribution >= 4 is 61.1 Å². The number of hydrogen-bond donors (Lipinski definition) is 0. The van der Waals surface area contributed by atoms with Gasteiger partial charge >= 0.3 is 0 Å². The predicted molar refractivity (Wildman–Crippen MR) is 215 cm³/mol. The number of thioether (sulfide) groups is 1. The molecule has 1 heterocycles. The first-order valence-corrected chi connectivity index (χ1v) is 18.2. The van der Waals surface area contributed by atoms with Crippen molar-refractivity contribution in [3.05, 3.63) is 192 Å². The summed E-state index contributed by atoms with van der Waals surface area (Å²) < 4.78 is 0. The van der Waals surface area contributed by atoms with E-state index in [1.54, 1.807) is 0 Å². The van der Waals surface area contributed by atoms with Gasteiger partial charge in [-0.05, 0) is 108 Å². The maximum Gasteiger partial charge on any atom is 0.0468 e. The van der Waals surface area contributed by atoms with Gasteiger partial charge in [-0.1, -0.05) is 157 Å². The lowest BCUT2D eigenvalue weighted by molar-refractivity contribution is 0.838. The van der Waals surface area contributed by atoms with Crippen LogP contribution in [0.3, 0.4) is 0 Å². The molecule has 0 saturated carbocycles. The van der Waals surface area contributed by atoms with E-state index >= 15 is 0 Å². The molecule has 0 N–H and O–H groups in total. The molecule has 10 rings (SSSR count). The fraction of sp³-hybridized carbons (Fsp3) is 0.0417. The number of allylic oxidation sites excluding steroid dienone is 4. The summed E-state index contributed by atoms with van der Waals surface area (Å²) in [6.07, 6.45) is 7.88. The summed E-state index contributed by atoms with van der Waals surface area (Å²) in [7, 11) is 0. The second kappa shape index (κ2) is 11.9. The minimum Gasteiger partial charge on any atom is -0.310 e. The first kappa shape index (κ1) is 29.1. The largest absolute Gasteiger partial charge is 0.310 e. The minimum absolute atomic E-state index is 0.479. The zero-order valence-corrected chi connectivity index (χ0v) is 28.3. The molecule has 0 bridgehead atoms. The maximum absolute atomic E-state index is 2.42. The van der Waals surface area contributed by atoms with Gasteiger partial charge in [-0.15, -0.1) is 0 Å². The van der Waals surface area contributed by atoms with Gasteiger partial charge in [0.1, 0.15) is 0 Å². The highest BCUT2D eigenvalue weighted by atomic mass is 32.2. The number of benzene rings is 8. The van der Waals surface area contributed by atoms with Crippen LogP contribution in [0.2, 0.25) is 0 Å². The third-order valence-electron chi connectivity index (χ3n) is 10.4. The average molecular weight is 656 g/mol. The van der Waals surface area contributed by atoms with Gasteiger partial charge in [-0.25, -0.2) is 0 Å². The Balaban J connectivity index is 1.14. The molecule has 0 saturated heterocycles. The molecular weight excluding hydrogens is 623 g/mol. The molecule has 2 heteroatoms. The first-order valence-electron chi connectivity index (χ1n) is 17.4. The Bertz CT molecular complexity index is 2650. The van der Waals surface area contributed by atoms with Gasteiger partial charge in [0.15, 0.2) is 0 Å².